The number of hydrogen-bond donors (Lipinski definition) is 1. The molecule has 13 heteroatoms. The number of hydrogen-bond acceptors (Lipinski definition) is 6. The molecule has 220 valence electrons. The lowest BCUT2D eigenvalue weighted by Gasteiger charge is -2.27. The minimum Gasteiger partial charge on any atom is -0.492 e. The first kappa shape index (κ1) is 30.4. The molecule has 0 spiro atoms. The predicted molar refractivity (Wildman–Crippen MR) is 154 cm³/mol. The predicted octanol–water partition coefficient (Wildman–Crippen LogP) is 3.23. The van der Waals surface area contributed by atoms with Crippen molar-refractivity contribution in [1.29, 1.82) is 0 Å². The van der Waals surface area contributed by atoms with E-state index in [9.17, 15) is 26.0 Å². The number of carbonyl (C=O) groups is 1. The lowest BCUT2D eigenvalue weighted by Crippen LogP contribution is -2.40. The van der Waals surface area contributed by atoms with Crippen LogP contribution in [0, 0.1) is 5.82 Å². The van der Waals surface area contributed by atoms with E-state index in [1.165, 1.54) is 48.7 Å². The molecule has 1 amide bonds. The molecule has 0 aromatic heterocycles. The van der Waals surface area contributed by atoms with Gasteiger partial charge in [0, 0.05) is 32.7 Å². The molecule has 1 aliphatic heterocycles. The summed E-state index contributed by atoms with van der Waals surface area (Å²) in [5, 5.41) is 2.75. The van der Waals surface area contributed by atoms with Gasteiger partial charge in [0.1, 0.15) is 18.2 Å². The Hall–Kier alpha value is -3.52. The number of ether oxygens (including phenoxy) is 1. The number of sulfonamides is 1. The molecule has 0 bridgehead atoms. The van der Waals surface area contributed by atoms with E-state index >= 15 is 0 Å². The third-order valence-electron chi connectivity index (χ3n) is 6.59. The normalized spacial score (nSPS) is 14.2. The van der Waals surface area contributed by atoms with Crippen molar-refractivity contribution >= 4 is 31.8 Å². The van der Waals surface area contributed by atoms with Crippen molar-refractivity contribution in [3.63, 3.8) is 0 Å². The van der Waals surface area contributed by atoms with Crippen LogP contribution in [-0.4, -0.2) is 71.7 Å². The Balaban J connectivity index is 1.31. The zero-order chi connectivity index (χ0) is 29.6. The number of nitrogens with one attached hydrogen (secondary N) is 1. The van der Waals surface area contributed by atoms with E-state index < -0.39 is 26.0 Å². The topological polar surface area (TPSA) is 116 Å². The number of nitrogens with zero attached hydrogens (tertiary/aromatic N) is 3. The molecule has 3 aromatic carbocycles. The van der Waals surface area contributed by atoms with E-state index in [0.29, 0.717) is 30.0 Å². The Kier molecular flexibility index (Phi) is 9.64. The van der Waals surface area contributed by atoms with Crippen LogP contribution >= 0.6 is 0 Å². The fourth-order valence-corrected chi connectivity index (χ4v) is 6.91. The van der Waals surface area contributed by atoms with E-state index in [1.54, 1.807) is 42.5 Å². The summed E-state index contributed by atoms with van der Waals surface area (Å²) in [6, 6.07) is 18.2. The third-order valence-corrected chi connectivity index (χ3v) is 10.3. The second-order valence-electron chi connectivity index (χ2n) is 9.63. The molecule has 1 aliphatic rings. The molecule has 10 nitrogen and oxygen atoms in total. The van der Waals surface area contributed by atoms with E-state index in [2.05, 4.69) is 5.32 Å². The molecule has 1 saturated heterocycles. The number of amides is 1. The molecule has 0 radical (unpaired) electrons. The first-order valence-corrected chi connectivity index (χ1v) is 15.9. The van der Waals surface area contributed by atoms with Crippen LogP contribution in [0.4, 0.5) is 10.1 Å². The van der Waals surface area contributed by atoms with Gasteiger partial charge in [0.2, 0.25) is 10.0 Å². The zero-order valence-corrected chi connectivity index (χ0v) is 24.5. The number of benzene rings is 3. The van der Waals surface area contributed by atoms with E-state index in [-0.39, 0.29) is 36.2 Å². The van der Waals surface area contributed by atoms with E-state index in [4.69, 9.17) is 4.74 Å². The van der Waals surface area contributed by atoms with Crippen LogP contribution in [0.25, 0.3) is 0 Å². The van der Waals surface area contributed by atoms with Crippen molar-refractivity contribution in [3.05, 3.63) is 89.7 Å². The fourth-order valence-electron chi connectivity index (χ4n) is 4.29. The maximum Gasteiger partial charge on any atom is 0.303 e. The number of anilines is 1. The van der Waals surface area contributed by atoms with Crippen molar-refractivity contribution in [2.75, 3.05) is 44.6 Å². The smallest absolute Gasteiger partial charge is 0.303 e. The highest BCUT2D eigenvalue weighted by Gasteiger charge is 2.28. The summed E-state index contributed by atoms with van der Waals surface area (Å²) in [5.41, 5.74) is 0.845. The van der Waals surface area contributed by atoms with Gasteiger partial charge in [-0.05, 0) is 66.9 Å². The van der Waals surface area contributed by atoms with Crippen LogP contribution < -0.4 is 14.4 Å². The number of para-hydroxylation sites is 1. The van der Waals surface area contributed by atoms with Crippen LogP contribution in [0.1, 0.15) is 28.8 Å². The SMILES string of the molecule is CN(C)S(=O)(=O)N(Cc1ccc(C(=O)NCCOc2ccc(S(=O)(=O)N3CCCC3)cc2)cc1)c1ccccc1F. The Morgan fingerprint density at radius 2 is 1.56 bits per heavy atom. The van der Waals surface area contributed by atoms with Gasteiger partial charge in [-0.2, -0.15) is 17.0 Å². The largest absolute Gasteiger partial charge is 0.492 e. The quantitative estimate of drug-likeness (QED) is 0.318. The number of halogens is 1. The van der Waals surface area contributed by atoms with Gasteiger partial charge < -0.3 is 10.1 Å². The Labute approximate surface area is 240 Å². The first-order valence-electron chi connectivity index (χ1n) is 13.0. The van der Waals surface area contributed by atoms with Gasteiger partial charge in [-0.1, -0.05) is 24.3 Å². The van der Waals surface area contributed by atoms with Gasteiger partial charge in [-0.25, -0.2) is 12.8 Å². The molecule has 4 rings (SSSR count). The van der Waals surface area contributed by atoms with Gasteiger partial charge in [0.05, 0.1) is 23.7 Å². The van der Waals surface area contributed by atoms with Gasteiger partial charge in [-0.3, -0.25) is 9.10 Å². The monoisotopic (exact) mass is 604 g/mol. The van der Waals surface area contributed by atoms with Crippen LogP contribution in [0.2, 0.25) is 0 Å². The Morgan fingerprint density at radius 1 is 0.927 bits per heavy atom. The van der Waals surface area contributed by atoms with Gasteiger partial charge in [0.15, 0.2) is 0 Å². The lowest BCUT2D eigenvalue weighted by molar-refractivity contribution is 0.0947. The molecule has 0 atom stereocenters. The van der Waals surface area contributed by atoms with Gasteiger partial charge in [0.25, 0.3) is 5.91 Å². The van der Waals surface area contributed by atoms with Crippen LogP contribution in [0.3, 0.4) is 0 Å². The number of carbonyl (C=O) groups excluding carboxylic acids is 1. The molecular formula is C28H33FN4O6S2. The minimum absolute atomic E-state index is 0.0779. The van der Waals surface area contributed by atoms with Crippen molar-refractivity contribution in [1.82, 2.24) is 13.9 Å². The summed E-state index contributed by atoms with van der Waals surface area (Å²) >= 11 is 0. The van der Waals surface area contributed by atoms with E-state index in [1.807, 2.05) is 0 Å². The molecule has 0 unspecified atom stereocenters. The zero-order valence-electron chi connectivity index (χ0n) is 22.9. The molecule has 1 fully saturated rings. The van der Waals surface area contributed by atoms with Gasteiger partial charge >= 0.3 is 10.2 Å². The Bertz CT molecular complexity index is 1560. The van der Waals surface area contributed by atoms with Crippen molar-refractivity contribution in [3.8, 4) is 5.75 Å². The summed E-state index contributed by atoms with van der Waals surface area (Å²) < 4.78 is 74.6. The maximum absolute atomic E-state index is 14.5. The van der Waals surface area contributed by atoms with Crippen molar-refractivity contribution in [2.24, 2.45) is 0 Å². The summed E-state index contributed by atoms with van der Waals surface area (Å²) in [7, 11) is -4.74. The molecule has 0 saturated carbocycles. The summed E-state index contributed by atoms with van der Waals surface area (Å²) in [6.45, 7) is 1.31. The van der Waals surface area contributed by atoms with Crippen molar-refractivity contribution < 1.29 is 30.8 Å². The Morgan fingerprint density at radius 3 is 2.17 bits per heavy atom. The molecule has 1 N–H and O–H groups in total. The highest BCUT2D eigenvalue weighted by Crippen LogP contribution is 2.26. The first-order chi connectivity index (χ1) is 19.5. The average molecular weight is 605 g/mol. The average Bonchev–Trinajstić information content (AvgIpc) is 3.51. The van der Waals surface area contributed by atoms with Crippen LogP contribution in [-0.2, 0) is 26.8 Å². The maximum atomic E-state index is 14.5. The van der Waals surface area contributed by atoms with E-state index in [0.717, 1.165) is 21.5 Å². The minimum atomic E-state index is -3.99. The standard InChI is InChI=1S/C28H33FN4O6S2/c1-31(2)41(37,38)33(27-8-4-3-7-26(27)29)21-22-9-11-23(12-10-22)28(34)30-17-20-39-24-13-15-25(16-14-24)40(35,36)32-18-5-6-19-32/h3-4,7-16H,5-6,17-21H2,1-2H3,(H,30,34). The molecule has 0 aliphatic carbocycles. The van der Waals surface area contributed by atoms with Crippen LogP contribution in [0.5, 0.6) is 5.75 Å². The summed E-state index contributed by atoms with van der Waals surface area (Å²) in [5.74, 6) is -0.533. The second kappa shape index (κ2) is 13.0. The molecule has 41 heavy (non-hydrogen) atoms. The molecule has 1 heterocycles. The fraction of sp³-hybridized carbons (Fsp3) is 0.321. The highest BCUT2D eigenvalue weighted by atomic mass is 32.2. The number of rotatable bonds is 12. The lowest BCUT2D eigenvalue weighted by atomic mass is 10.1. The van der Waals surface area contributed by atoms with Gasteiger partial charge in [-0.15, -0.1) is 0 Å². The van der Waals surface area contributed by atoms with Crippen molar-refractivity contribution in [2.45, 2.75) is 24.3 Å². The second-order valence-corrected chi connectivity index (χ2v) is 13.6. The third kappa shape index (κ3) is 7.22. The highest BCUT2D eigenvalue weighted by molar-refractivity contribution is 7.90. The van der Waals surface area contributed by atoms with Crippen LogP contribution in [0.15, 0.2) is 77.7 Å². The molecular weight excluding hydrogens is 571 g/mol. The molecule has 3 aromatic rings. The summed E-state index contributed by atoms with van der Waals surface area (Å²) in [6.07, 6.45) is 1.73. The summed E-state index contributed by atoms with van der Waals surface area (Å²) in [4.78, 5) is 12.8.